The molecule has 0 fully saturated rings. The van der Waals surface area contributed by atoms with E-state index in [1.165, 1.54) is 7.05 Å². The van der Waals surface area contributed by atoms with Gasteiger partial charge in [0, 0.05) is 23.3 Å². The highest BCUT2D eigenvalue weighted by molar-refractivity contribution is 6.30. The normalized spacial score (nSPS) is 12.5. The average Bonchev–Trinajstić information content (AvgIpc) is 2.60. The van der Waals surface area contributed by atoms with Crippen molar-refractivity contribution >= 4 is 23.5 Å². The first-order chi connectivity index (χ1) is 13.0. The molecule has 1 heterocycles. The first kappa shape index (κ1) is 21.9. The highest BCUT2D eigenvalue weighted by atomic mass is 35.5. The fraction of sp³-hybridized carbons (Fsp3) is 0.381. The molecule has 0 saturated carbocycles. The Morgan fingerprint density at radius 2 is 1.75 bits per heavy atom. The number of ether oxygens (including phenoxy) is 1. The molecule has 6 nitrogen and oxygen atoms in total. The molecule has 1 amide bonds. The van der Waals surface area contributed by atoms with Crippen LogP contribution in [0.2, 0.25) is 5.02 Å². The van der Waals surface area contributed by atoms with Crippen LogP contribution in [0.3, 0.4) is 0 Å². The second-order valence-electron chi connectivity index (χ2n) is 7.50. The number of aromatic carboxylic acids is 1. The second-order valence-corrected chi connectivity index (χ2v) is 7.93. The van der Waals surface area contributed by atoms with Crippen LogP contribution in [0.4, 0.5) is 0 Å². The van der Waals surface area contributed by atoms with Crippen molar-refractivity contribution in [3.8, 4) is 11.1 Å². The number of carboxylic acid groups (broad SMARTS) is 1. The molecule has 0 aliphatic rings. The molecule has 1 aromatic carbocycles. The summed E-state index contributed by atoms with van der Waals surface area (Å²) in [6.07, 6.45) is -0.954. The van der Waals surface area contributed by atoms with Crippen molar-refractivity contribution < 1.29 is 19.4 Å². The molecule has 1 aromatic heterocycles. The molecule has 2 aromatic rings. The minimum atomic E-state index is -1.13. The zero-order valence-electron chi connectivity index (χ0n) is 16.9. The minimum Gasteiger partial charge on any atom is -0.477 e. The van der Waals surface area contributed by atoms with E-state index in [2.05, 4.69) is 10.3 Å². The third-order valence-corrected chi connectivity index (χ3v) is 4.47. The van der Waals surface area contributed by atoms with E-state index in [0.717, 1.165) is 5.56 Å². The number of nitrogens with one attached hydrogen (secondary N) is 1. The van der Waals surface area contributed by atoms with Crippen molar-refractivity contribution in [3.63, 3.8) is 0 Å². The smallest absolute Gasteiger partial charge is 0.354 e. The maximum Gasteiger partial charge on any atom is 0.354 e. The third-order valence-electron chi connectivity index (χ3n) is 4.22. The lowest BCUT2D eigenvalue weighted by molar-refractivity contribution is -0.142. The van der Waals surface area contributed by atoms with Crippen LogP contribution in [0.15, 0.2) is 24.3 Å². The lowest BCUT2D eigenvalue weighted by Crippen LogP contribution is -2.34. The van der Waals surface area contributed by atoms with Crippen molar-refractivity contribution in [3.05, 3.63) is 51.8 Å². The molecule has 1 atom stereocenters. The van der Waals surface area contributed by atoms with Crippen LogP contribution in [0, 0.1) is 13.8 Å². The van der Waals surface area contributed by atoms with Gasteiger partial charge in [0.1, 0.15) is 0 Å². The highest BCUT2D eigenvalue weighted by Gasteiger charge is 2.33. The Hall–Kier alpha value is -2.44. The quantitative estimate of drug-likeness (QED) is 0.774. The number of benzene rings is 1. The summed E-state index contributed by atoms with van der Waals surface area (Å²) in [5, 5.41) is 12.8. The number of carbonyl (C=O) groups excluding carboxylic acids is 1. The monoisotopic (exact) mass is 404 g/mol. The van der Waals surface area contributed by atoms with Crippen molar-refractivity contribution in [1.82, 2.24) is 10.3 Å². The molecule has 0 bridgehead atoms. The molecule has 2 N–H and O–H groups in total. The molecule has 0 aliphatic heterocycles. The number of hydrogen-bond acceptors (Lipinski definition) is 4. The molecule has 150 valence electrons. The summed E-state index contributed by atoms with van der Waals surface area (Å²) < 4.78 is 6.07. The zero-order chi connectivity index (χ0) is 21.2. The number of carbonyl (C=O) groups is 2. The predicted molar refractivity (Wildman–Crippen MR) is 109 cm³/mol. The first-order valence-electron chi connectivity index (χ1n) is 8.86. The zero-order valence-corrected chi connectivity index (χ0v) is 17.6. The lowest BCUT2D eigenvalue weighted by Gasteiger charge is -2.30. The fourth-order valence-corrected chi connectivity index (χ4v) is 3.18. The largest absolute Gasteiger partial charge is 0.477 e. The summed E-state index contributed by atoms with van der Waals surface area (Å²) in [4.78, 5) is 28.7. The van der Waals surface area contributed by atoms with Crippen LogP contribution in [0.1, 0.15) is 54.2 Å². The molecule has 0 saturated heterocycles. The van der Waals surface area contributed by atoms with Crippen molar-refractivity contribution in [2.24, 2.45) is 0 Å². The Kier molecular flexibility index (Phi) is 6.47. The number of aromatic nitrogens is 1. The van der Waals surface area contributed by atoms with Gasteiger partial charge in [-0.2, -0.15) is 0 Å². The van der Waals surface area contributed by atoms with Crippen molar-refractivity contribution in [2.75, 3.05) is 7.05 Å². The molecule has 28 heavy (non-hydrogen) atoms. The van der Waals surface area contributed by atoms with Crippen molar-refractivity contribution in [1.29, 1.82) is 0 Å². The number of aryl methyl sites for hydroxylation is 1. The summed E-state index contributed by atoms with van der Waals surface area (Å²) >= 11 is 6.02. The van der Waals surface area contributed by atoms with Gasteiger partial charge >= 0.3 is 5.97 Å². The van der Waals surface area contributed by atoms with Gasteiger partial charge in [0.2, 0.25) is 0 Å². The standard InChI is InChI=1S/C21H25ClN2O4/c1-11-15(13-7-9-14(22)10-8-13)16(12(2)24-17(11)20(26)27)18(19(25)23-6)28-21(3,4)5/h7-10,18H,1-6H3,(H,23,25)(H,26,27)/t18-/m0/s1. The SMILES string of the molecule is CNC(=O)[C@@H](OC(C)(C)C)c1c(C)nc(C(=O)O)c(C)c1-c1ccc(Cl)cc1. The van der Waals surface area contributed by atoms with E-state index in [0.29, 0.717) is 27.4 Å². The van der Waals surface area contributed by atoms with Gasteiger partial charge in [-0.15, -0.1) is 0 Å². The molecule has 0 aliphatic carbocycles. The number of pyridine rings is 1. The maximum absolute atomic E-state index is 12.7. The number of halogens is 1. The topological polar surface area (TPSA) is 88.5 Å². The van der Waals surface area contributed by atoms with Gasteiger partial charge in [-0.1, -0.05) is 23.7 Å². The summed E-state index contributed by atoms with van der Waals surface area (Å²) in [6, 6.07) is 7.01. The Morgan fingerprint density at radius 1 is 1.18 bits per heavy atom. The van der Waals surface area contributed by atoms with Crippen LogP contribution in [0.25, 0.3) is 11.1 Å². The Balaban J connectivity index is 2.87. The molecular formula is C21H25ClN2O4. The summed E-state index contributed by atoms with van der Waals surface area (Å²) in [6.45, 7) is 8.92. The Labute approximate surface area is 169 Å². The van der Waals surface area contributed by atoms with E-state index in [1.54, 1.807) is 38.1 Å². The summed E-state index contributed by atoms with van der Waals surface area (Å²) in [5.41, 5.74) is 2.10. The van der Waals surface area contributed by atoms with Gasteiger partial charge in [0.15, 0.2) is 11.8 Å². The number of likely N-dealkylation sites (N-methyl/N-ethyl adjacent to an activating group) is 1. The minimum absolute atomic E-state index is 0.0578. The third kappa shape index (κ3) is 4.69. The second kappa shape index (κ2) is 8.29. The highest BCUT2D eigenvalue weighted by Crippen LogP contribution is 2.38. The van der Waals surface area contributed by atoms with Crippen LogP contribution in [-0.4, -0.2) is 34.6 Å². The first-order valence-corrected chi connectivity index (χ1v) is 9.23. The van der Waals surface area contributed by atoms with Gasteiger partial charge in [-0.05, 0) is 63.4 Å². The number of amides is 1. The van der Waals surface area contributed by atoms with E-state index in [1.807, 2.05) is 20.8 Å². The van der Waals surface area contributed by atoms with Gasteiger partial charge in [0.25, 0.3) is 5.91 Å². The lowest BCUT2D eigenvalue weighted by atomic mass is 9.89. The number of rotatable bonds is 5. The van der Waals surface area contributed by atoms with Gasteiger partial charge in [0.05, 0.1) is 5.60 Å². The van der Waals surface area contributed by atoms with Crippen LogP contribution >= 0.6 is 11.6 Å². The van der Waals surface area contributed by atoms with E-state index < -0.39 is 17.7 Å². The van der Waals surface area contributed by atoms with E-state index in [-0.39, 0.29) is 11.6 Å². The average molecular weight is 405 g/mol. The van der Waals surface area contributed by atoms with Crippen LogP contribution in [0.5, 0.6) is 0 Å². The molecular weight excluding hydrogens is 380 g/mol. The maximum atomic E-state index is 12.7. The Bertz CT molecular complexity index is 902. The molecule has 7 heteroatoms. The molecule has 2 rings (SSSR count). The van der Waals surface area contributed by atoms with Crippen LogP contribution < -0.4 is 5.32 Å². The van der Waals surface area contributed by atoms with E-state index in [4.69, 9.17) is 16.3 Å². The number of carboxylic acids is 1. The predicted octanol–water partition coefficient (Wildman–Crippen LogP) is 4.32. The van der Waals surface area contributed by atoms with Gasteiger partial charge < -0.3 is 15.2 Å². The Morgan fingerprint density at radius 3 is 2.21 bits per heavy atom. The van der Waals surface area contributed by atoms with Crippen molar-refractivity contribution in [2.45, 2.75) is 46.3 Å². The van der Waals surface area contributed by atoms with Gasteiger partial charge in [-0.25, -0.2) is 9.78 Å². The van der Waals surface area contributed by atoms with Crippen LogP contribution in [-0.2, 0) is 9.53 Å². The van der Waals surface area contributed by atoms with E-state index in [9.17, 15) is 14.7 Å². The number of nitrogens with zero attached hydrogens (tertiary/aromatic N) is 1. The van der Waals surface area contributed by atoms with E-state index >= 15 is 0 Å². The summed E-state index contributed by atoms with van der Waals surface area (Å²) in [7, 11) is 1.53. The molecule has 0 radical (unpaired) electrons. The molecule has 0 unspecified atom stereocenters. The fourth-order valence-electron chi connectivity index (χ4n) is 3.06. The number of hydrogen-bond donors (Lipinski definition) is 2. The molecule has 0 spiro atoms. The summed E-state index contributed by atoms with van der Waals surface area (Å²) in [5.74, 6) is -1.46. The van der Waals surface area contributed by atoms with Gasteiger partial charge in [-0.3, -0.25) is 4.79 Å².